The van der Waals surface area contributed by atoms with Gasteiger partial charge in [0.25, 0.3) is 10.0 Å². The summed E-state index contributed by atoms with van der Waals surface area (Å²) in [6, 6.07) is 10.4. The van der Waals surface area contributed by atoms with Gasteiger partial charge in [-0.2, -0.15) is 0 Å². The molecule has 1 amide bonds. The molecule has 2 aromatic carbocycles. The van der Waals surface area contributed by atoms with E-state index in [-0.39, 0.29) is 10.8 Å². The highest BCUT2D eigenvalue weighted by Gasteiger charge is 2.21. The highest BCUT2D eigenvalue weighted by molar-refractivity contribution is 7.92. The molecular formula is C15H14Cl2N2O3S. The first kappa shape index (κ1) is 17.6. The zero-order valence-electron chi connectivity index (χ0n) is 12.4. The lowest BCUT2D eigenvalue weighted by molar-refractivity contribution is -0.114. The predicted molar refractivity (Wildman–Crippen MR) is 92.8 cm³/mol. The molecular weight excluding hydrogens is 359 g/mol. The molecule has 23 heavy (non-hydrogen) atoms. The highest BCUT2D eigenvalue weighted by Crippen LogP contribution is 2.28. The molecule has 0 aliphatic heterocycles. The van der Waals surface area contributed by atoms with Crippen LogP contribution in [0.1, 0.15) is 6.92 Å². The largest absolute Gasteiger partial charge is 0.326 e. The van der Waals surface area contributed by atoms with Crippen LogP contribution in [0.2, 0.25) is 10.0 Å². The SMILES string of the molecule is CC(=O)Nc1ccc(S(=O)(=O)N(C)c2cc(Cl)cc(Cl)c2)cc1. The summed E-state index contributed by atoms with van der Waals surface area (Å²) < 4.78 is 26.4. The Kier molecular flexibility index (Phi) is 5.19. The average Bonchev–Trinajstić information content (AvgIpc) is 2.45. The summed E-state index contributed by atoms with van der Waals surface area (Å²) in [4.78, 5) is 11.1. The second-order valence-corrected chi connectivity index (χ2v) is 7.65. The molecule has 0 radical (unpaired) electrons. The lowest BCUT2D eigenvalue weighted by atomic mass is 10.3. The van der Waals surface area contributed by atoms with Crippen LogP contribution in [0.4, 0.5) is 11.4 Å². The number of sulfonamides is 1. The van der Waals surface area contributed by atoms with Gasteiger partial charge >= 0.3 is 0 Å². The van der Waals surface area contributed by atoms with Crippen molar-refractivity contribution in [2.75, 3.05) is 16.7 Å². The predicted octanol–water partition coefficient (Wildman–Crippen LogP) is 3.78. The minimum atomic E-state index is -3.77. The topological polar surface area (TPSA) is 66.5 Å². The van der Waals surface area contributed by atoms with Gasteiger partial charge in [-0.05, 0) is 42.5 Å². The van der Waals surface area contributed by atoms with Crippen molar-refractivity contribution in [3.05, 3.63) is 52.5 Å². The normalized spacial score (nSPS) is 11.1. The number of halogens is 2. The number of anilines is 2. The Labute approximate surface area is 144 Å². The molecule has 0 fully saturated rings. The van der Waals surface area contributed by atoms with E-state index in [1.807, 2.05) is 0 Å². The number of hydrogen-bond acceptors (Lipinski definition) is 3. The van der Waals surface area contributed by atoms with Crippen molar-refractivity contribution in [2.45, 2.75) is 11.8 Å². The maximum atomic E-state index is 12.6. The summed E-state index contributed by atoms with van der Waals surface area (Å²) in [5.41, 5.74) is 0.873. The van der Waals surface area contributed by atoms with Crippen molar-refractivity contribution in [2.24, 2.45) is 0 Å². The third-order valence-corrected chi connectivity index (χ3v) is 5.28. The van der Waals surface area contributed by atoms with Gasteiger partial charge in [-0.3, -0.25) is 9.10 Å². The van der Waals surface area contributed by atoms with Gasteiger partial charge in [-0.15, -0.1) is 0 Å². The Morgan fingerprint density at radius 1 is 1.04 bits per heavy atom. The van der Waals surface area contributed by atoms with Gasteiger partial charge in [0.1, 0.15) is 0 Å². The van der Waals surface area contributed by atoms with Crippen molar-refractivity contribution in [1.82, 2.24) is 0 Å². The van der Waals surface area contributed by atoms with Gasteiger partial charge in [0.2, 0.25) is 5.91 Å². The summed E-state index contributed by atoms with van der Waals surface area (Å²) in [6.45, 7) is 1.38. The zero-order chi connectivity index (χ0) is 17.2. The second-order valence-electron chi connectivity index (χ2n) is 4.81. The molecule has 8 heteroatoms. The van der Waals surface area contributed by atoms with Crippen molar-refractivity contribution in [3.8, 4) is 0 Å². The summed E-state index contributed by atoms with van der Waals surface area (Å²) in [6.07, 6.45) is 0. The zero-order valence-corrected chi connectivity index (χ0v) is 14.7. The molecule has 0 spiro atoms. The van der Waals surface area contributed by atoms with E-state index in [0.29, 0.717) is 21.4 Å². The smallest absolute Gasteiger partial charge is 0.264 e. The van der Waals surface area contributed by atoms with Gasteiger partial charge in [-0.25, -0.2) is 8.42 Å². The van der Waals surface area contributed by atoms with Crippen LogP contribution in [0.5, 0.6) is 0 Å². The first-order valence-electron chi connectivity index (χ1n) is 6.53. The van der Waals surface area contributed by atoms with Gasteiger partial charge < -0.3 is 5.32 Å². The first-order chi connectivity index (χ1) is 10.7. The maximum absolute atomic E-state index is 12.6. The summed E-state index contributed by atoms with van der Waals surface area (Å²) >= 11 is 11.8. The number of benzene rings is 2. The van der Waals surface area contributed by atoms with Crippen LogP contribution < -0.4 is 9.62 Å². The monoisotopic (exact) mass is 372 g/mol. The molecule has 0 bridgehead atoms. The molecule has 0 heterocycles. The Bertz CT molecular complexity index is 816. The summed E-state index contributed by atoms with van der Waals surface area (Å²) in [5.74, 6) is -0.230. The van der Waals surface area contributed by atoms with Crippen LogP contribution in [0.3, 0.4) is 0 Å². The minimum Gasteiger partial charge on any atom is -0.326 e. The van der Waals surface area contributed by atoms with Gasteiger partial charge in [0, 0.05) is 29.7 Å². The fourth-order valence-corrected chi connectivity index (χ4v) is 3.63. The van der Waals surface area contributed by atoms with Crippen molar-refractivity contribution < 1.29 is 13.2 Å². The van der Waals surface area contributed by atoms with E-state index in [9.17, 15) is 13.2 Å². The van der Waals surface area contributed by atoms with Crippen LogP contribution in [0, 0.1) is 0 Å². The molecule has 5 nitrogen and oxygen atoms in total. The number of carbonyl (C=O) groups excluding carboxylic acids is 1. The van der Waals surface area contributed by atoms with Gasteiger partial charge in [0.05, 0.1) is 10.6 Å². The number of nitrogens with zero attached hydrogens (tertiary/aromatic N) is 1. The molecule has 0 aliphatic rings. The number of hydrogen-bond donors (Lipinski definition) is 1. The van der Waals surface area contributed by atoms with Crippen LogP contribution >= 0.6 is 23.2 Å². The van der Waals surface area contributed by atoms with E-state index >= 15 is 0 Å². The number of carbonyl (C=O) groups is 1. The molecule has 0 saturated heterocycles. The number of nitrogens with one attached hydrogen (secondary N) is 1. The maximum Gasteiger partial charge on any atom is 0.264 e. The summed E-state index contributed by atoms with van der Waals surface area (Å²) in [7, 11) is -2.35. The molecule has 2 aromatic rings. The Balaban J connectivity index is 2.35. The average molecular weight is 373 g/mol. The molecule has 0 atom stereocenters. The van der Waals surface area contributed by atoms with E-state index in [4.69, 9.17) is 23.2 Å². The van der Waals surface area contributed by atoms with E-state index in [2.05, 4.69) is 5.32 Å². The minimum absolute atomic E-state index is 0.0881. The van der Waals surface area contributed by atoms with Crippen LogP contribution in [0.25, 0.3) is 0 Å². The highest BCUT2D eigenvalue weighted by atomic mass is 35.5. The Morgan fingerprint density at radius 2 is 1.57 bits per heavy atom. The Morgan fingerprint density at radius 3 is 2.04 bits per heavy atom. The van der Waals surface area contributed by atoms with Gasteiger partial charge in [0.15, 0.2) is 0 Å². The van der Waals surface area contributed by atoms with Crippen molar-refractivity contribution >= 4 is 50.5 Å². The standard InChI is InChI=1S/C15H14Cl2N2O3S/c1-10(20)18-13-3-5-15(6-4-13)23(21,22)19(2)14-8-11(16)7-12(17)9-14/h3-9H,1-2H3,(H,18,20). The number of rotatable bonds is 4. The molecule has 0 saturated carbocycles. The lowest BCUT2D eigenvalue weighted by Crippen LogP contribution is -2.26. The third kappa shape index (κ3) is 4.16. The van der Waals surface area contributed by atoms with E-state index in [1.165, 1.54) is 56.4 Å². The van der Waals surface area contributed by atoms with E-state index < -0.39 is 10.0 Å². The molecule has 122 valence electrons. The quantitative estimate of drug-likeness (QED) is 0.887. The van der Waals surface area contributed by atoms with E-state index in [1.54, 1.807) is 0 Å². The summed E-state index contributed by atoms with van der Waals surface area (Å²) in [5, 5.41) is 3.26. The molecule has 0 aromatic heterocycles. The lowest BCUT2D eigenvalue weighted by Gasteiger charge is -2.20. The molecule has 1 N–H and O–H groups in total. The van der Waals surface area contributed by atoms with Crippen LogP contribution in [0.15, 0.2) is 47.4 Å². The molecule has 0 aliphatic carbocycles. The molecule has 2 rings (SSSR count). The fraction of sp³-hybridized carbons (Fsp3) is 0.133. The van der Waals surface area contributed by atoms with Crippen molar-refractivity contribution in [3.63, 3.8) is 0 Å². The molecule has 0 unspecified atom stereocenters. The van der Waals surface area contributed by atoms with E-state index in [0.717, 1.165) is 4.31 Å². The number of amides is 1. The fourth-order valence-electron chi connectivity index (χ4n) is 1.93. The van der Waals surface area contributed by atoms with Crippen LogP contribution in [-0.2, 0) is 14.8 Å². The second kappa shape index (κ2) is 6.78. The third-order valence-electron chi connectivity index (χ3n) is 3.04. The first-order valence-corrected chi connectivity index (χ1v) is 8.72. The van der Waals surface area contributed by atoms with Crippen molar-refractivity contribution in [1.29, 1.82) is 0 Å². The van der Waals surface area contributed by atoms with Gasteiger partial charge in [-0.1, -0.05) is 23.2 Å². The Hall–Kier alpha value is -1.76. The van der Waals surface area contributed by atoms with Crippen LogP contribution in [-0.4, -0.2) is 21.4 Å².